The average Bonchev–Trinajstić information content (AvgIpc) is 2.47. The van der Waals surface area contributed by atoms with Crippen molar-refractivity contribution in [3.63, 3.8) is 0 Å². The fraction of sp³-hybridized carbons (Fsp3) is 0.667. The van der Waals surface area contributed by atoms with E-state index in [1.807, 2.05) is 4.68 Å². The van der Waals surface area contributed by atoms with Crippen molar-refractivity contribution in [2.75, 3.05) is 20.1 Å². The number of hydrogen-bond donors (Lipinski definition) is 0. The molecule has 54 valence electrons. The molecule has 0 spiro atoms. The summed E-state index contributed by atoms with van der Waals surface area (Å²) in [6, 6.07) is 0. The highest BCUT2D eigenvalue weighted by Gasteiger charge is 2.37. The van der Waals surface area contributed by atoms with E-state index in [0.29, 0.717) is 0 Å². The molecule has 1 aromatic rings. The highest BCUT2D eigenvalue weighted by atomic mass is 15.5. The molecule has 1 aromatic heterocycles. The first-order valence-electron chi connectivity index (χ1n) is 3.44. The Bertz CT molecular complexity index is 212. The molecule has 1 fully saturated rings. The number of rotatable bonds is 2. The molecule has 1 aliphatic heterocycles. The van der Waals surface area contributed by atoms with E-state index >= 15 is 0 Å². The van der Waals surface area contributed by atoms with E-state index in [4.69, 9.17) is 0 Å². The Balaban J connectivity index is 2.04. The molecule has 4 nitrogen and oxygen atoms in total. The van der Waals surface area contributed by atoms with Gasteiger partial charge in [0.15, 0.2) is 6.67 Å². The SMILES string of the molecule is C[N+]1(Cn2cncn2)CC1. The van der Waals surface area contributed by atoms with Gasteiger partial charge in [-0.1, -0.05) is 0 Å². The van der Waals surface area contributed by atoms with Crippen molar-refractivity contribution >= 4 is 0 Å². The van der Waals surface area contributed by atoms with Gasteiger partial charge in [-0.2, -0.15) is 5.10 Å². The normalized spacial score (nSPS) is 20.9. The second kappa shape index (κ2) is 1.79. The minimum atomic E-state index is 0.972. The summed E-state index contributed by atoms with van der Waals surface area (Å²) in [5.74, 6) is 0. The third kappa shape index (κ3) is 1.02. The number of quaternary nitrogens is 1. The average molecular weight is 139 g/mol. The topological polar surface area (TPSA) is 30.7 Å². The molecule has 1 aliphatic rings. The van der Waals surface area contributed by atoms with E-state index < -0.39 is 0 Å². The fourth-order valence-corrected chi connectivity index (χ4v) is 0.968. The van der Waals surface area contributed by atoms with Gasteiger partial charge in [0, 0.05) is 0 Å². The van der Waals surface area contributed by atoms with Gasteiger partial charge >= 0.3 is 0 Å². The Hall–Kier alpha value is -0.900. The predicted molar refractivity (Wildman–Crippen MR) is 35.9 cm³/mol. The molecule has 0 atom stereocenters. The highest BCUT2D eigenvalue weighted by molar-refractivity contribution is 4.56. The first-order chi connectivity index (χ1) is 4.79. The first kappa shape index (κ1) is 5.85. The van der Waals surface area contributed by atoms with Crippen molar-refractivity contribution in [2.24, 2.45) is 0 Å². The van der Waals surface area contributed by atoms with E-state index in [9.17, 15) is 0 Å². The summed E-state index contributed by atoms with van der Waals surface area (Å²) in [6.07, 6.45) is 3.34. The van der Waals surface area contributed by atoms with Crippen LogP contribution in [-0.4, -0.2) is 39.4 Å². The Labute approximate surface area is 59.7 Å². The molecule has 0 N–H and O–H groups in total. The molecule has 1 saturated heterocycles. The van der Waals surface area contributed by atoms with Crippen LogP contribution in [0.3, 0.4) is 0 Å². The van der Waals surface area contributed by atoms with Crippen LogP contribution in [0.25, 0.3) is 0 Å². The number of nitrogens with zero attached hydrogens (tertiary/aromatic N) is 4. The quantitative estimate of drug-likeness (QED) is 0.416. The van der Waals surface area contributed by atoms with Gasteiger partial charge in [-0.3, -0.25) is 4.48 Å². The predicted octanol–water partition coefficient (Wildman–Crippen LogP) is -0.304. The van der Waals surface area contributed by atoms with Crippen LogP contribution in [0.1, 0.15) is 0 Å². The second-order valence-electron chi connectivity index (χ2n) is 3.14. The van der Waals surface area contributed by atoms with Crippen molar-refractivity contribution in [1.82, 2.24) is 14.8 Å². The van der Waals surface area contributed by atoms with Crippen LogP contribution >= 0.6 is 0 Å². The molecule has 10 heavy (non-hydrogen) atoms. The molecule has 2 rings (SSSR count). The van der Waals surface area contributed by atoms with Crippen molar-refractivity contribution in [3.8, 4) is 0 Å². The highest BCUT2D eigenvalue weighted by Crippen LogP contribution is 2.16. The molecule has 0 aliphatic carbocycles. The zero-order valence-electron chi connectivity index (χ0n) is 6.06. The van der Waals surface area contributed by atoms with Gasteiger partial charge in [0.2, 0.25) is 0 Å². The van der Waals surface area contributed by atoms with Crippen LogP contribution in [0.4, 0.5) is 0 Å². The van der Waals surface area contributed by atoms with E-state index in [2.05, 4.69) is 17.1 Å². The van der Waals surface area contributed by atoms with Gasteiger partial charge in [-0.25, -0.2) is 9.67 Å². The Morgan fingerprint density at radius 2 is 2.40 bits per heavy atom. The van der Waals surface area contributed by atoms with Crippen LogP contribution in [0.15, 0.2) is 12.7 Å². The largest absolute Gasteiger partial charge is 0.298 e. The lowest BCUT2D eigenvalue weighted by Crippen LogP contribution is -2.23. The standard InChI is InChI=1S/C6H11N4/c1-10(2-3-10)6-9-5-7-4-8-9/h4-5H,2-3,6H2,1H3/q+1. The van der Waals surface area contributed by atoms with Crippen LogP contribution in [-0.2, 0) is 6.67 Å². The molecule has 0 radical (unpaired) electrons. The summed E-state index contributed by atoms with van der Waals surface area (Å²) in [6.45, 7) is 3.53. The number of likely N-dealkylation sites (N-methyl/N-ethyl adjacent to an activating group) is 1. The lowest BCUT2D eigenvalue weighted by atomic mass is 10.8. The van der Waals surface area contributed by atoms with Crippen LogP contribution in [0, 0.1) is 0 Å². The van der Waals surface area contributed by atoms with Crippen LogP contribution in [0.5, 0.6) is 0 Å². The Morgan fingerprint density at radius 3 is 2.90 bits per heavy atom. The number of hydrogen-bond acceptors (Lipinski definition) is 2. The fourth-order valence-electron chi connectivity index (χ4n) is 0.968. The van der Waals surface area contributed by atoms with E-state index in [1.165, 1.54) is 13.1 Å². The molecule has 0 unspecified atom stereocenters. The summed E-state index contributed by atoms with van der Waals surface area (Å²) in [5, 5.41) is 4.03. The number of aromatic nitrogens is 3. The molecule has 0 amide bonds. The zero-order valence-corrected chi connectivity index (χ0v) is 6.06. The van der Waals surface area contributed by atoms with Crippen LogP contribution < -0.4 is 0 Å². The van der Waals surface area contributed by atoms with Crippen LogP contribution in [0.2, 0.25) is 0 Å². The second-order valence-corrected chi connectivity index (χ2v) is 3.14. The monoisotopic (exact) mass is 139 g/mol. The van der Waals surface area contributed by atoms with E-state index in [1.54, 1.807) is 12.7 Å². The summed E-state index contributed by atoms with van der Waals surface area (Å²) in [7, 11) is 2.22. The van der Waals surface area contributed by atoms with Gasteiger partial charge in [0.05, 0.1) is 7.05 Å². The lowest BCUT2D eigenvalue weighted by Gasteiger charge is -2.09. The maximum atomic E-state index is 4.03. The van der Waals surface area contributed by atoms with Crippen molar-refractivity contribution < 1.29 is 4.48 Å². The summed E-state index contributed by atoms with van der Waals surface area (Å²) in [5.41, 5.74) is 0. The van der Waals surface area contributed by atoms with E-state index in [-0.39, 0.29) is 0 Å². The third-order valence-corrected chi connectivity index (χ3v) is 1.94. The molecule has 0 aromatic carbocycles. The summed E-state index contributed by atoms with van der Waals surface area (Å²) >= 11 is 0. The molecule has 2 heterocycles. The maximum absolute atomic E-state index is 4.03. The zero-order chi connectivity index (χ0) is 7.03. The van der Waals surface area contributed by atoms with E-state index in [0.717, 1.165) is 11.2 Å². The summed E-state index contributed by atoms with van der Waals surface area (Å²) in [4.78, 5) is 3.88. The minimum Gasteiger partial charge on any atom is -0.298 e. The molecule has 4 heteroatoms. The first-order valence-corrected chi connectivity index (χ1v) is 3.44. The van der Waals surface area contributed by atoms with Gasteiger partial charge < -0.3 is 0 Å². The van der Waals surface area contributed by atoms with Gasteiger partial charge in [0.1, 0.15) is 25.7 Å². The van der Waals surface area contributed by atoms with Crippen molar-refractivity contribution in [2.45, 2.75) is 6.67 Å². The summed E-state index contributed by atoms with van der Waals surface area (Å²) < 4.78 is 3.00. The minimum absolute atomic E-state index is 0.972. The smallest absolute Gasteiger partial charge is 0.176 e. The molecule has 0 bridgehead atoms. The Kier molecular flexibility index (Phi) is 1.05. The Morgan fingerprint density at radius 1 is 1.60 bits per heavy atom. The van der Waals surface area contributed by atoms with Crippen molar-refractivity contribution in [3.05, 3.63) is 12.7 Å². The molecular weight excluding hydrogens is 128 g/mol. The molecule has 0 saturated carbocycles. The van der Waals surface area contributed by atoms with Gasteiger partial charge in [0.25, 0.3) is 0 Å². The van der Waals surface area contributed by atoms with Gasteiger partial charge in [-0.05, 0) is 0 Å². The van der Waals surface area contributed by atoms with Gasteiger partial charge in [-0.15, -0.1) is 0 Å². The molecular formula is C6H11N4+. The maximum Gasteiger partial charge on any atom is 0.176 e. The lowest BCUT2D eigenvalue weighted by molar-refractivity contribution is -0.803. The van der Waals surface area contributed by atoms with Crippen molar-refractivity contribution in [1.29, 1.82) is 0 Å². The third-order valence-electron chi connectivity index (χ3n) is 1.94.